The van der Waals surface area contributed by atoms with Gasteiger partial charge >= 0.3 is 0 Å². The summed E-state index contributed by atoms with van der Waals surface area (Å²) in [6, 6.07) is 9.44. The normalized spacial score (nSPS) is 21.9. The Bertz CT molecular complexity index is 554. The number of nitrogens with zero attached hydrogens (tertiary/aromatic N) is 2. The zero-order valence-electron chi connectivity index (χ0n) is 11.7. The van der Waals surface area contributed by atoms with Crippen molar-refractivity contribution >= 4 is 11.8 Å². The molecule has 2 unspecified atom stereocenters. The van der Waals surface area contributed by atoms with Crippen LogP contribution in [0.15, 0.2) is 24.3 Å². The highest BCUT2D eigenvalue weighted by Crippen LogP contribution is 2.23. The summed E-state index contributed by atoms with van der Waals surface area (Å²) < 4.78 is 0. The number of rotatable bonds is 5. The quantitative estimate of drug-likeness (QED) is 0.768. The Morgan fingerprint density at radius 3 is 2.10 bits per heavy atom. The molecule has 1 heterocycles. The van der Waals surface area contributed by atoms with Crippen molar-refractivity contribution in [1.82, 2.24) is 4.90 Å². The molecule has 110 valence electrons. The molecule has 4 N–H and O–H groups in total. The van der Waals surface area contributed by atoms with E-state index in [0.29, 0.717) is 18.7 Å². The first-order valence-corrected chi connectivity index (χ1v) is 6.81. The molecular formula is C15H18N4O2. The molecule has 2 amide bonds. The third kappa shape index (κ3) is 3.58. The number of benzene rings is 1. The van der Waals surface area contributed by atoms with Crippen molar-refractivity contribution in [2.45, 2.75) is 6.42 Å². The fourth-order valence-electron chi connectivity index (χ4n) is 2.68. The molecule has 6 heteroatoms. The zero-order valence-corrected chi connectivity index (χ0v) is 11.7. The Morgan fingerprint density at radius 2 is 1.67 bits per heavy atom. The lowest BCUT2D eigenvalue weighted by Crippen LogP contribution is -2.36. The molecule has 21 heavy (non-hydrogen) atoms. The first kappa shape index (κ1) is 15.0. The number of hydrogen-bond acceptors (Lipinski definition) is 4. The van der Waals surface area contributed by atoms with Gasteiger partial charge in [0.15, 0.2) is 0 Å². The van der Waals surface area contributed by atoms with Crippen molar-refractivity contribution in [3.8, 4) is 6.07 Å². The van der Waals surface area contributed by atoms with Crippen LogP contribution < -0.4 is 11.5 Å². The van der Waals surface area contributed by atoms with Crippen molar-refractivity contribution in [2.24, 2.45) is 23.3 Å². The third-order valence-corrected chi connectivity index (χ3v) is 3.93. The second-order valence-corrected chi connectivity index (χ2v) is 5.34. The van der Waals surface area contributed by atoms with E-state index in [1.807, 2.05) is 17.0 Å². The molecule has 0 bridgehead atoms. The standard InChI is InChI=1S/C15H18N4O2/c16-7-11-3-1-10(2-4-11)5-6-19-8-12(14(17)20)13(9-19)15(18)21/h1-4,12-13H,5-6,8-9H2,(H2,17,20)(H2,18,21). The Kier molecular flexibility index (Phi) is 4.55. The first-order valence-electron chi connectivity index (χ1n) is 6.81. The predicted molar refractivity (Wildman–Crippen MR) is 76.7 cm³/mol. The van der Waals surface area contributed by atoms with Crippen LogP contribution in [0.1, 0.15) is 11.1 Å². The molecule has 0 radical (unpaired) electrons. The summed E-state index contributed by atoms with van der Waals surface area (Å²) >= 11 is 0. The van der Waals surface area contributed by atoms with Crippen LogP contribution >= 0.6 is 0 Å². The van der Waals surface area contributed by atoms with Crippen molar-refractivity contribution in [2.75, 3.05) is 19.6 Å². The largest absolute Gasteiger partial charge is 0.369 e. The number of hydrogen-bond donors (Lipinski definition) is 2. The van der Waals surface area contributed by atoms with E-state index in [1.54, 1.807) is 12.1 Å². The summed E-state index contributed by atoms with van der Waals surface area (Å²) in [5.74, 6) is -1.94. The molecule has 0 aliphatic carbocycles. The number of amides is 2. The van der Waals surface area contributed by atoms with E-state index in [2.05, 4.69) is 6.07 Å². The Balaban J connectivity index is 1.93. The topological polar surface area (TPSA) is 113 Å². The van der Waals surface area contributed by atoms with E-state index in [-0.39, 0.29) is 0 Å². The maximum Gasteiger partial charge on any atom is 0.222 e. The highest BCUT2D eigenvalue weighted by molar-refractivity contribution is 5.87. The number of primary amides is 2. The minimum atomic E-state index is -0.497. The number of nitriles is 1. The van der Waals surface area contributed by atoms with Gasteiger partial charge in [-0.1, -0.05) is 12.1 Å². The van der Waals surface area contributed by atoms with Crippen LogP contribution in [0.25, 0.3) is 0 Å². The first-order chi connectivity index (χ1) is 10.0. The minimum Gasteiger partial charge on any atom is -0.369 e. The fourth-order valence-corrected chi connectivity index (χ4v) is 2.68. The van der Waals surface area contributed by atoms with Gasteiger partial charge in [0.25, 0.3) is 0 Å². The molecule has 2 rings (SSSR count). The van der Waals surface area contributed by atoms with Gasteiger partial charge in [0.1, 0.15) is 0 Å². The summed E-state index contributed by atoms with van der Waals surface area (Å²) in [5, 5.41) is 8.75. The predicted octanol–water partition coefficient (Wildman–Crippen LogP) is -0.381. The van der Waals surface area contributed by atoms with Gasteiger partial charge in [0.2, 0.25) is 11.8 Å². The van der Waals surface area contributed by atoms with Gasteiger partial charge in [-0.2, -0.15) is 5.26 Å². The lowest BCUT2D eigenvalue weighted by Gasteiger charge is -2.15. The van der Waals surface area contributed by atoms with Crippen molar-refractivity contribution < 1.29 is 9.59 Å². The highest BCUT2D eigenvalue weighted by Gasteiger charge is 2.39. The summed E-state index contributed by atoms with van der Waals surface area (Å²) in [4.78, 5) is 24.8. The van der Waals surface area contributed by atoms with Gasteiger partial charge in [-0.25, -0.2) is 0 Å². The average molecular weight is 286 g/mol. The van der Waals surface area contributed by atoms with E-state index in [9.17, 15) is 9.59 Å². The lowest BCUT2D eigenvalue weighted by atomic mass is 9.95. The average Bonchev–Trinajstić information content (AvgIpc) is 2.90. The molecule has 0 saturated carbocycles. The van der Waals surface area contributed by atoms with Crippen LogP contribution in [0.3, 0.4) is 0 Å². The molecule has 6 nitrogen and oxygen atoms in total. The van der Waals surface area contributed by atoms with Crippen LogP contribution in [0.5, 0.6) is 0 Å². The lowest BCUT2D eigenvalue weighted by molar-refractivity contribution is -0.129. The maximum absolute atomic E-state index is 11.4. The smallest absolute Gasteiger partial charge is 0.222 e. The second-order valence-electron chi connectivity index (χ2n) is 5.34. The summed E-state index contributed by atoms with van der Waals surface area (Å²) in [6.45, 7) is 1.66. The van der Waals surface area contributed by atoms with Crippen LogP contribution in [0.4, 0.5) is 0 Å². The summed E-state index contributed by atoms with van der Waals surface area (Å²) in [5.41, 5.74) is 12.4. The summed E-state index contributed by atoms with van der Waals surface area (Å²) in [7, 11) is 0. The van der Waals surface area contributed by atoms with Crippen molar-refractivity contribution in [3.05, 3.63) is 35.4 Å². The van der Waals surface area contributed by atoms with E-state index < -0.39 is 23.7 Å². The molecule has 1 aromatic rings. The Hall–Kier alpha value is -2.39. The molecule has 2 atom stereocenters. The van der Waals surface area contributed by atoms with Crippen molar-refractivity contribution in [3.63, 3.8) is 0 Å². The molecule has 1 aliphatic rings. The third-order valence-electron chi connectivity index (χ3n) is 3.93. The number of likely N-dealkylation sites (tertiary alicyclic amines) is 1. The van der Waals surface area contributed by atoms with Gasteiger partial charge in [-0.15, -0.1) is 0 Å². The van der Waals surface area contributed by atoms with E-state index in [1.165, 1.54) is 0 Å². The highest BCUT2D eigenvalue weighted by atomic mass is 16.2. The van der Waals surface area contributed by atoms with E-state index >= 15 is 0 Å². The maximum atomic E-state index is 11.4. The van der Waals surface area contributed by atoms with Crippen molar-refractivity contribution in [1.29, 1.82) is 5.26 Å². The van der Waals surface area contributed by atoms with Crippen LogP contribution in [0, 0.1) is 23.2 Å². The van der Waals surface area contributed by atoms with Gasteiger partial charge in [-0.05, 0) is 24.1 Å². The fraction of sp³-hybridized carbons (Fsp3) is 0.400. The molecule has 1 saturated heterocycles. The zero-order chi connectivity index (χ0) is 15.4. The van der Waals surface area contributed by atoms with Gasteiger partial charge in [-0.3, -0.25) is 9.59 Å². The Morgan fingerprint density at radius 1 is 1.14 bits per heavy atom. The second kappa shape index (κ2) is 6.37. The molecule has 0 spiro atoms. The van der Waals surface area contributed by atoms with Crippen LogP contribution in [-0.2, 0) is 16.0 Å². The van der Waals surface area contributed by atoms with Gasteiger partial charge in [0.05, 0.1) is 23.5 Å². The summed E-state index contributed by atoms with van der Waals surface area (Å²) in [6.07, 6.45) is 0.780. The monoisotopic (exact) mass is 286 g/mol. The molecule has 1 aliphatic heterocycles. The SMILES string of the molecule is N#Cc1ccc(CCN2CC(C(N)=O)C(C(N)=O)C2)cc1. The van der Waals surface area contributed by atoms with Gasteiger partial charge in [0, 0.05) is 19.6 Å². The number of carbonyl (C=O) groups is 2. The molecule has 1 fully saturated rings. The molecule has 0 aromatic heterocycles. The van der Waals surface area contributed by atoms with E-state index in [0.717, 1.165) is 18.5 Å². The minimum absolute atomic E-state index is 0.471. The number of nitrogens with two attached hydrogens (primary N) is 2. The van der Waals surface area contributed by atoms with Crippen LogP contribution in [0.2, 0.25) is 0 Å². The molecular weight excluding hydrogens is 268 g/mol. The van der Waals surface area contributed by atoms with E-state index in [4.69, 9.17) is 16.7 Å². The van der Waals surface area contributed by atoms with Gasteiger partial charge < -0.3 is 16.4 Å². The Labute approximate surface area is 123 Å². The molecule has 1 aromatic carbocycles. The number of carbonyl (C=O) groups excluding carboxylic acids is 2. The van der Waals surface area contributed by atoms with Crippen LogP contribution in [-0.4, -0.2) is 36.3 Å².